The van der Waals surface area contributed by atoms with Gasteiger partial charge < -0.3 is 5.32 Å². The van der Waals surface area contributed by atoms with Gasteiger partial charge in [-0.3, -0.25) is 0 Å². The van der Waals surface area contributed by atoms with Crippen LogP contribution >= 0.6 is 0 Å². The van der Waals surface area contributed by atoms with Crippen LogP contribution in [0.3, 0.4) is 0 Å². The highest BCUT2D eigenvalue weighted by Gasteiger charge is 2.33. The number of rotatable bonds is 3. The van der Waals surface area contributed by atoms with Gasteiger partial charge in [-0.2, -0.15) is 0 Å². The summed E-state index contributed by atoms with van der Waals surface area (Å²) in [6.45, 7) is 12.1. The first kappa shape index (κ1) is 13.5. The maximum absolute atomic E-state index is 4.79. The van der Waals surface area contributed by atoms with Crippen LogP contribution in [0, 0.1) is 5.41 Å². The molecular weight excluding hydrogens is 222 g/mol. The lowest BCUT2D eigenvalue weighted by atomic mass is 9.74. The third-order valence-electron chi connectivity index (χ3n) is 3.66. The van der Waals surface area contributed by atoms with E-state index in [9.17, 15) is 0 Å². The number of hydrogen-bond donors (Lipinski definition) is 1. The zero-order valence-electron chi connectivity index (χ0n) is 12.2. The smallest absolute Gasteiger partial charge is 0.131 e. The SMILES string of the molecule is CCNC1CC(C)(C)Cc2nc(C(C)C)ncc21. The highest BCUT2D eigenvalue weighted by molar-refractivity contribution is 5.27. The number of nitrogens with zero attached hydrogens (tertiary/aromatic N) is 2. The van der Waals surface area contributed by atoms with Crippen LogP contribution in [0.4, 0.5) is 0 Å². The molecule has 1 atom stereocenters. The molecule has 0 fully saturated rings. The molecule has 0 saturated carbocycles. The maximum atomic E-state index is 4.79. The van der Waals surface area contributed by atoms with E-state index in [1.54, 1.807) is 0 Å². The van der Waals surface area contributed by atoms with Crippen LogP contribution < -0.4 is 5.32 Å². The monoisotopic (exact) mass is 247 g/mol. The van der Waals surface area contributed by atoms with Crippen LogP contribution in [-0.4, -0.2) is 16.5 Å². The normalized spacial score (nSPS) is 22.0. The van der Waals surface area contributed by atoms with Crippen molar-refractivity contribution in [1.29, 1.82) is 0 Å². The quantitative estimate of drug-likeness (QED) is 0.891. The Morgan fingerprint density at radius 1 is 1.44 bits per heavy atom. The Kier molecular flexibility index (Phi) is 3.71. The summed E-state index contributed by atoms with van der Waals surface area (Å²) in [5.74, 6) is 1.37. The Bertz CT molecular complexity index is 424. The average molecular weight is 247 g/mol. The lowest BCUT2D eigenvalue weighted by Crippen LogP contribution is -2.34. The molecule has 100 valence electrons. The van der Waals surface area contributed by atoms with Gasteiger partial charge in [0.05, 0.1) is 0 Å². The zero-order valence-corrected chi connectivity index (χ0v) is 12.2. The fraction of sp³-hybridized carbons (Fsp3) is 0.733. The van der Waals surface area contributed by atoms with E-state index in [1.807, 2.05) is 6.20 Å². The molecule has 1 aromatic rings. The summed E-state index contributed by atoms with van der Waals surface area (Å²) in [6.07, 6.45) is 4.27. The summed E-state index contributed by atoms with van der Waals surface area (Å²) in [5, 5.41) is 3.56. The van der Waals surface area contributed by atoms with Gasteiger partial charge in [0.25, 0.3) is 0 Å². The second kappa shape index (κ2) is 4.96. The van der Waals surface area contributed by atoms with E-state index in [1.165, 1.54) is 11.3 Å². The largest absolute Gasteiger partial charge is 0.310 e. The van der Waals surface area contributed by atoms with Crippen LogP contribution in [0.5, 0.6) is 0 Å². The summed E-state index contributed by atoms with van der Waals surface area (Å²) < 4.78 is 0. The first-order valence-corrected chi connectivity index (χ1v) is 7.02. The molecular formula is C15H25N3. The molecule has 0 radical (unpaired) electrons. The van der Waals surface area contributed by atoms with E-state index < -0.39 is 0 Å². The minimum absolute atomic E-state index is 0.322. The Labute approximate surface area is 110 Å². The van der Waals surface area contributed by atoms with Crippen molar-refractivity contribution in [3.05, 3.63) is 23.3 Å². The van der Waals surface area contributed by atoms with Crippen LogP contribution in [-0.2, 0) is 6.42 Å². The summed E-state index contributed by atoms with van der Waals surface area (Å²) >= 11 is 0. The number of aromatic nitrogens is 2. The van der Waals surface area contributed by atoms with Crippen molar-refractivity contribution in [3.63, 3.8) is 0 Å². The van der Waals surface area contributed by atoms with Gasteiger partial charge in [0.15, 0.2) is 0 Å². The van der Waals surface area contributed by atoms with Gasteiger partial charge in [-0.05, 0) is 24.8 Å². The fourth-order valence-electron chi connectivity index (χ4n) is 2.77. The predicted octanol–water partition coefficient (Wildman–Crippen LogP) is 3.22. The van der Waals surface area contributed by atoms with Crippen molar-refractivity contribution < 1.29 is 0 Å². The van der Waals surface area contributed by atoms with Gasteiger partial charge in [-0.1, -0.05) is 34.6 Å². The summed E-state index contributed by atoms with van der Waals surface area (Å²) in [6, 6.07) is 0.412. The topological polar surface area (TPSA) is 37.8 Å². The van der Waals surface area contributed by atoms with E-state index in [0.29, 0.717) is 17.4 Å². The first-order valence-electron chi connectivity index (χ1n) is 7.02. The van der Waals surface area contributed by atoms with Crippen LogP contribution in [0.25, 0.3) is 0 Å². The molecule has 0 aliphatic heterocycles. The average Bonchev–Trinajstić information content (AvgIpc) is 2.26. The number of hydrogen-bond acceptors (Lipinski definition) is 3. The molecule has 0 bridgehead atoms. The van der Waals surface area contributed by atoms with Gasteiger partial charge in [-0.15, -0.1) is 0 Å². The number of fused-ring (bicyclic) bond motifs is 1. The number of nitrogens with one attached hydrogen (secondary N) is 1. The van der Waals surface area contributed by atoms with Crippen molar-refractivity contribution in [2.75, 3.05) is 6.54 Å². The molecule has 0 saturated heterocycles. The third kappa shape index (κ3) is 2.72. The van der Waals surface area contributed by atoms with Crippen molar-refractivity contribution in [1.82, 2.24) is 15.3 Å². The van der Waals surface area contributed by atoms with E-state index in [2.05, 4.69) is 44.9 Å². The highest BCUT2D eigenvalue weighted by atomic mass is 15.0. The van der Waals surface area contributed by atoms with E-state index >= 15 is 0 Å². The van der Waals surface area contributed by atoms with Crippen molar-refractivity contribution in [2.45, 2.75) is 59.4 Å². The van der Waals surface area contributed by atoms with E-state index in [0.717, 1.165) is 25.2 Å². The molecule has 0 amide bonds. The molecule has 1 aliphatic carbocycles. The van der Waals surface area contributed by atoms with Crippen LogP contribution in [0.1, 0.15) is 70.1 Å². The lowest BCUT2D eigenvalue weighted by Gasteiger charge is -2.36. The van der Waals surface area contributed by atoms with Gasteiger partial charge >= 0.3 is 0 Å². The minimum atomic E-state index is 0.322. The molecule has 1 unspecified atom stereocenters. The standard InChI is InChI=1S/C15H25N3/c1-6-16-12-7-15(4,5)8-13-11(12)9-17-14(18-13)10(2)3/h9-10,12,16H,6-8H2,1-5H3. The Morgan fingerprint density at radius 2 is 2.17 bits per heavy atom. The zero-order chi connectivity index (χ0) is 13.3. The Balaban J connectivity index is 2.39. The van der Waals surface area contributed by atoms with Gasteiger partial charge in [0.1, 0.15) is 5.82 Å². The summed E-state index contributed by atoms with van der Waals surface area (Å²) in [5.41, 5.74) is 2.87. The van der Waals surface area contributed by atoms with Gasteiger partial charge in [0.2, 0.25) is 0 Å². The highest BCUT2D eigenvalue weighted by Crippen LogP contribution is 2.39. The molecule has 1 aliphatic rings. The fourth-order valence-corrected chi connectivity index (χ4v) is 2.77. The predicted molar refractivity (Wildman–Crippen MR) is 74.6 cm³/mol. The molecule has 2 rings (SSSR count). The Hall–Kier alpha value is -0.960. The van der Waals surface area contributed by atoms with E-state index in [4.69, 9.17) is 4.98 Å². The van der Waals surface area contributed by atoms with Crippen molar-refractivity contribution in [2.24, 2.45) is 5.41 Å². The maximum Gasteiger partial charge on any atom is 0.131 e. The van der Waals surface area contributed by atoms with Crippen molar-refractivity contribution in [3.8, 4) is 0 Å². The molecule has 3 nitrogen and oxygen atoms in total. The summed E-state index contributed by atoms with van der Waals surface area (Å²) in [4.78, 5) is 9.31. The van der Waals surface area contributed by atoms with Crippen LogP contribution in [0.2, 0.25) is 0 Å². The minimum Gasteiger partial charge on any atom is -0.310 e. The van der Waals surface area contributed by atoms with Gasteiger partial charge in [0, 0.05) is 29.4 Å². The summed E-state index contributed by atoms with van der Waals surface area (Å²) in [7, 11) is 0. The lowest BCUT2D eigenvalue weighted by molar-refractivity contribution is 0.254. The third-order valence-corrected chi connectivity index (χ3v) is 3.66. The molecule has 3 heteroatoms. The second-order valence-corrected chi connectivity index (χ2v) is 6.44. The van der Waals surface area contributed by atoms with Crippen molar-refractivity contribution >= 4 is 0 Å². The molecule has 18 heavy (non-hydrogen) atoms. The second-order valence-electron chi connectivity index (χ2n) is 6.44. The van der Waals surface area contributed by atoms with E-state index in [-0.39, 0.29) is 0 Å². The van der Waals surface area contributed by atoms with Crippen LogP contribution in [0.15, 0.2) is 6.20 Å². The molecule has 0 aromatic carbocycles. The molecule has 1 aromatic heterocycles. The molecule has 1 heterocycles. The molecule has 1 N–H and O–H groups in total. The Morgan fingerprint density at radius 3 is 2.78 bits per heavy atom. The molecule has 0 spiro atoms. The van der Waals surface area contributed by atoms with Gasteiger partial charge in [-0.25, -0.2) is 9.97 Å². The first-order chi connectivity index (χ1) is 8.43.